The molecule has 0 saturated heterocycles. The van der Waals surface area contributed by atoms with Crippen molar-refractivity contribution in [3.63, 3.8) is 0 Å². The van der Waals surface area contributed by atoms with Crippen molar-refractivity contribution in [2.24, 2.45) is 7.05 Å². The van der Waals surface area contributed by atoms with E-state index in [0.29, 0.717) is 16.3 Å². The van der Waals surface area contributed by atoms with Gasteiger partial charge in [-0.05, 0) is 49.4 Å². The molecule has 1 amide bonds. The average Bonchev–Trinajstić information content (AvgIpc) is 2.97. The zero-order valence-electron chi connectivity index (χ0n) is 14.9. The Morgan fingerprint density at radius 2 is 1.85 bits per heavy atom. The van der Waals surface area contributed by atoms with Crippen LogP contribution in [-0.2, 0) is 7.05 Å². The Balaban J connectivity index is 1.91. The SMILES string of the molecule is Cc1c(C2Nc3ccccc3C(=O)N2c2ccc(Cl)cc2)cc(C#N)n1C. The predicted octanol–water partition coefficient (Wildman–Crippen LogP) is 4.63. The fourth-order valence-corrected chi connectivity index (χ4v) is 3.57. The third kappa shape index (κ3) is 2.75. The number of hydrogen-bond donors (Lipinski definition) is 1. The number of hydrogen-bond acceptors (Lipinski definition) is 3. The minimum absolute atomic E-state index is 0.0987. The van der Waals surface area contributed by atoms with Crippen molar-refractivity contribution in [1.82, 2.24) is 4.57 Å². The van der Waals surface area contributed by atoms with Gasteiger partial charge in [-0.3, -0.25) is 9.69 Å². The van der Waals surface area contributed by atoms with Gasteiger partial charge in [0.2, 0.25) is 0 Å². The summed E-state index contributed by atoms with van der Waals surface area (Å²) >= 11 is 6.03. The van der Waals surface area contributed by atoms with Crippen LogP contribution >= 0.6 is 11.6 Å². The number of amides is 1. The molecule has 5 nitrogen and oxygen atoms in total. The van der Waals surface area contributed by atoms with E-state index in [4.69, 9.17) is 11.6 Å². The van der Waals surface area contributed by atoms with Crippen LogP contribution in [0.1, 0.15) is 33.5 Å². The van der Waals surface area contributed by atoms with E-state index in [1.165, 1.54) is 0 Å². The summed E-state index contributed by atoms with van der Waals surface area (Å²) in [6.45, 7) is 1.95. The highest BCUT2D eigenvalue weighted by molar-refractivity contribution is 6.30. The molecule has 1 aliphatic heterocycles. The summed E-state index contributed by atoms with van der Waals surface area (Å²) in [6, 6.07) is 18.7. The Labute approximate surface area is 162 Å². The standard InChI is InChI=1S/C21H17ClN4O/c1-13-18(11-16(12-23)25(13)2)20-24-19-6-4-3-5-17(19)21(27)26(20)15-9-7-14(22)8-10-15/h3-11,20,24H,1-2H3. The second-order valence-corrected chi connectivity index (χ2v) is 6.92. The van der Waals surface area contributed by atoms with E-state index in [1.807, 2.05) is 61.0 Å². The van der Waals surface area contributed by atoms with Crippen molar-refractivity contribution in [2.75, 3.05) is 10.2 Å². The van der Waals surface area contributed by atoms with Gasteiger partial charge in [0.05, 0.1) is 5.56 Å². The molecule has 0 aliphatic carbocycles. The lowest BCUT2D eigenvalue weighted by Gasteiger charge is -2.38. The Bertz CT molecular complexity index is 1080. The average molecular weight is 377 g/mol. The highest BCUT2D eigenvalue weighted by atomic mass is 35.5. The number of nitriles is 1. The molecule has 1 aromatic heterocycles. The normalized spacial score (nSPS) is 15.9. The van der Waals surface area contributed by atoms with Gasteiger partial charge in [-0.1, -0.05) is 23.7 Å². The number of nitrogens with one attached hydrogen (secondary N) is 1. The number of anilines is 2. The van der Waals surface area contributed by atoms with Gasteiger partial charge in [-0.15, -0.1) is 0 Å². The molecular weight excluding hydrogens is 360 g/mol. The van der Waals surface area contributed by atoms with Gasteiger partial charge in [-0.2, -0.15) is 5.26 Å². The van der Waals surface area contributed by atoms with Crippen molar-refractivity contribution >= 4 is 28.9 Å². The molecule has 6 heteroatoms. The summed E-state index contributed by atoms with van der Waals surface area (Å²) < 4.78 is 1.84. The van der Waals surface area contributed by atoms with E-state index in [2.05, 4.69) is 11.4 Å². The third-order valence-corrected chi connectivity index (χ3v) is 5.27. The third-order valence-electron chi connectivity index (χ3n) is 5.02. The second-order valence-electron chi connectivity index (χ2n) is 6.49. The largest absolute Gasteiger partial charge is 0.360 e. The molecule has 2 aromatic carbocycles. The number of rotatable bonds is 2. The van der Waals surface area contributed by atoms with E-state index in [-0.39, 0.29) is 5.91 Å². The van der Waals surface area contributed by atoms with Crippen molar-refractivity contribution in [3.05, 3.63) is 82.1 Å². The molecule has 0 bridgehead atoms. The van der Waals surface area contributed by atoms with E-state index in [1.54, 1.807) is 17.0 Å². The minimum atomic E-state index is -0.429. The number of benzene rings is 2. The monoisotopic (exact) mass is 376 g/mol. The molecule has 1 unspecified atom stereocenters. The van der Waals surface area contributed by atoms with Gasteiger partial charge < -0.3 is 9.88 Å². The van der Waals surface area contributed by atoms with Crippen LogP contribution in [-0.4, -0.2) is 10.5 Å². The number of halogens is 1. The van der Waals surface area contributed by atoms with E-state index >= 15 is 0 Å². The zero-order chi connectivity index (χ0) is 19.1. The first kappa shape index (κ1) is 17.2. The molecule has 1 aliphatic rings. The predicted molar refractivity (Wildman–Crippen MR) is 106 cm³/mol. The zero-order valence-corrected chi connectivity index (χ0v) is 15.7. The lowest BCUT2D eigenvalue weighted by Crippen LogP contribution is -2.43. The van der Waals surface area contributed by atoms with Crippen molar-refractivity contribution in [3.8, 4) is 6.07 Å². The number of nitrogens with zero attached hydrogens (tertiary/aromatic N) is 3. The smallest absolute Gasteiger partial charge is 0.262 e. The maximum atomic E-state index is 13.3. The molecule has 1 atom stereocenters. The molecule has 27 heavy (non-hydrogen) atoms. The highest BCUT2D eigenvalue weighted by Crippen LogP contribution is 2.38. The minimum Gasteiger partial charge on any atom is -0.360 e. The Morgan fingerprint density at radius 1 is 1.15 bits per heavy atom. The number of aromatic nitrogens is 1. The molecule has 0 saturated carbocycles. The van der Waals surface area contributed by atoms with E-state index < -0.39 is 6.17 Å². The lowest BCUT2D eigenvalue weighted by atomic mass is 10.0. The number of carbonyl (C=O) groups is 1. The van der Waals surface area contributed by atoms with Crippen LogP contribution in [0, 0.1) is 18.3 Å². The van der Waals surface area contributed by atoms with Crippen molar-refractivity contribution in [2.45, 2.75) is 13.1 Å². The number of carbonyl (C=O) groups excluding carboxylic acids is 1. The highest BCUT2D eigenvalue weighted by Gasteiger charge is 2.35. The molecule has 0 spiro atoms. The number of para-hydroxylation sites is 1. The van der Waals surface area contributed by atoms with Crippen molar-refractivity contribution < 1.29 is 4.79 Å². The summed E-state index contributed by atoms with van der Waals surface area (Å²) in [5.74, 6) is -0.0987. The van der Waals surface area contributed by atoms with E-state index in [0.717, 1.165) is 22.6 Å². The topological polar surface area (TPSA) is 61.1 Å². The molecule has 1 N–H and O–H groups in total. The van der Waals surface area contributed by atoms with Crippen LogP contribution in [0.5, 0.6) is 0 Å². The Kier molecular flexibility index (Phi) is 4.14. The van der Waals surface area contributed by atoms with Gasteiger partial charge in [0.1, 0.15) is 17.9 Å². The Hall–Kier alpha value is -3.23. The van der Waals surface area contributed by atoms with Crippen LogP contribution in [0.25, 0.3) is 0 Å². The van der Waals surface area contributed by atoms with Gasteiger partial charge in [0.25, 0.3) is 5.91 Å². The fourth-order valence-electron chi connectivity index (χ4n) is 3.45. The maximum Gasteiger partial charge on any atom is 0.262 e. The van der Waals surface area contributed by atoms with Gasteiger partial charge >= 0.3 is 0 Å². The van der Waals surface area contributed by atoms with Crippen molar-refractivity contribution in [1.29, 1.82) is 5.26 Å². The van der Waals surface area contributed by atoms with Crippen LogP contribution in [0.4, 0.5) is 11.4 Å². The van der Waals surface area contributed by atoms with Gasteiger partial charge in [0, 0.05) is 34.7 Å². The first-order chi connectivity index (χ1) is 13.0. The van der Waals surface area contributed by atoms with Crippen LogP contribution < -0.4 is 10.2 Å². The quantitative estimate of drug-likeness (QED) is 0.709. The number of fused-ring (bicyclic) bond motifs is 1. The first-order valence-corrected chi connectivity index (χ1v) is 8.90. The molecule has 0 fully saturated rings. The van der Waals surface area contributed by atoms with Crippen LogP contribution in [0.2, 0.25) is 5.02 Å². The maximum absolute atomic E-state index is 13.3. The summed E-state index contributed by atoms with van der Waals surface area (Å²) in [4.78, 5) is 15.1. The van der Waals surface area contributed by atoms with Crippen LogP contribution in [0.15, 0.2) is 54.6 Å². The molecule has 134 valence electrons. The van der Waals surface area contributed by atoms with Crippen LogP contribution in [0.3, 0.4) is 0 Å². The molecule has 3 aromatic rings. The van der Waals surface area contributed by atoms with E-state index in [9.17, 15) is 10.1 Å². The summed E-state index contributed by atoms with van der Waals surface area (Å²) in [7, 11) is 1.85. The summed E-state index contributed by atoms with van der Waals surface area (Å²) in [5, 5.41) is 13.5. The molecule has 0 radical (unpaired) electrons. The fraction of sp³-hybridized carbons (Fsp3) is 0.143. The molecule has 4 rings (SSSR count). The lowest BCUT2D eigenvalue weighted by molar-refractivity contribution is 0.0975. The second kappa shape index (κ2) is 6.49. The molecule has 2 heterocycles. The first-order valence-electron chi connectivity index (χ1n) is 8.52. The summed E-state index contributed by atoms with van der Waals surface area (Å²) in [6.07, 6.45) is -0.429. The molecular formula is C21H17ClN4O. The Morgan fingerprint density at radius 3 is 2.52 bits per heavy atom. The van der Waals surface area contributed by atoms with Gasteiger partial charge in [0.15, 0.2) is 0 Å². The summed E-state index contributed by atoms with van der Waals surface area (Å²) in [5.41, 5.74) is 4.48. The van der Waals surface area contributed by atoms with Gasteiger partial charge in [-0.25, -0.2) is 0 Å².